The molecular formula is C13H15F2NO2. The zero-order valence-corrected chi connectivity index (χ0v) is 9.90. The summed E-state index contributed by atoms with van der Waals surface area (Å²) in [5.74, 6) is -2.18. The van der Waals surface area contributed by atoms with Gasteiger partial charge in [-0.05, 0) is 18.9 Å². The number of halogens is 2. The van der Waals surface area contributed by atoms with Gasteiger partial charge in [0.25, 0.3) is 0 Å². The third-order valence-electron chi connectivity index (χ3n) is 3.28. The van der Waals surface area contributed by atoms with E-state index in [-0.39, 0.29) is 30.5 Å². The van der Waals surface area contributed by atoms with Crippen molar-refractivity contribution in [3.63, 3.8) is 0 Å². The Morgan fingerprint density at radius 2 is 2.22 bits per heavy atom. The molecule has 0 aliphatic carbocycles. The molecular weight excluding hydrogens is 240 g/mol. The van der Waals surface area contributed by atoms with Crippen LogP contribution in [0, 0.1) is 11.6 Å². The summed E-state index contributed by atoms with van der Waals surface area (Å²) in [6.45, 7) is 0.484. The van der Waals surface area contributed by atoms with Crippen molar-refractivity contribution in [1.29, 1.82) is 0 Å². The molecule has 18 heavy (non-hydrogen) atoms. The molecule has 2 rings (SSSR count). The van der Waals surface area contributed by atoms with Crippen molar-refractivity contribution in [3.8, 4) is 0 Å². The Balaban J connectivity index is 2.09. The number of amides is 1. The summed E-state index contributed by atoms with van der Waals surface area (Å²) in [4.78, 5) is 13.5. The van der Waals surface area contributed by atoms with Crippen molar-refractivity contribution >= 4 is 5.91 Å². The summed E-state index contributed by atoms with van der Waals surface area (Å²) in [5, 5.41) is 9.12. The van der Waals surface area contributed by atoms with Crippen molar-refractivity contribution < 1.29 is 18.7 Å². The summed E-state index contributed by atoms with van der Waals surface area (Å²) >= 11 is 0. The normalized spacial score (nSPS) is 19.3. The molecule has 0 saturated carbocycles. The van der Waals surface area contributed by atoms with Gasteiger partial charge in [-0.1, -0.05) is 12.1 Å². The first-order chi connectivity index (χ1) is 8.63. The lowest BCUT2D eigenvalue weighted by molar-refractivity contribution is -0.132. The van der Waals surface area contributed by atoms with Gasteiger partial charge in [-0.3, -0.25) is 4.79 Å². The quantitative estimate of drug-likeness (QED) is 0.889. The summed E-state index contributed by atoms with van der Waals surface area (Å²) in [6.07, 6.45) is 1.43. The molecule has 1 aromatic rings. The number of carbonyl (C=O) groups is 1. The Morgan fingerprint density at radius 1 is 1.44 bits per heavy atom. The minimum absolute atomic E-state index is 0.0589. The van der Waals surface area contributed by atoms with Crippen molar-refractivity contribution in [2.75, 3.05) is 13.2 Å². The number of rotatable bonds is 3. The second-order valence-electron chi connectivity index (χ2n) is 4.46. The Morgan fingerprint density at radius 3 is 2.94 bits per heavy atom. The van der Waals surface area contributed by atoms with Gasteiger partial charge in [-0.25, -0.2) is 8.78 Å². The van der Waals surface area contributed by atoms with E-state index in [1.165, 1.54) is 12.1 Å². The fraction of sp³-hybridized carbons (Fsp3) is 0.462. The number of benzene rings is 1. The molecule has 0 unspecified atom stereocenters. The average Bonchev–Trinajstić information content (AvgIpc) is 2.83. The summed E-state index contributed by atoms with van der Waals surface area (Å²) in [6, 6.07) is 3.62. The number of likely N-dealkylation sites (tertiary alicyclic amines) is 1. The minimum Gasteiger partial charge on any atom is -0.394 e. The molecule has 0 bridgehead atoms. The van der Waals surface area contributed by atoms with Crippen molar-refractivity contribution in [3.05, 3.63) is 35.4 Å². The van der Waals surface area contributed by atoms with E-state index in [9.17, 15) is 13.6 Å². The Labute approximate surface area is 104 Å². The monoisotopic (exact) mass is 255 g/mol. The minimum atomic E-state index is -0.967. The first-order valence-corrected chi connectivity index (χ1v) is 5.96. The highest BCUT2D eigenvalue weighted by Crippen LogP contribution is 2.19. The fourth-order valence-electron chi connectivity index (χ4n) is 2.30. The number of carbonyl (C=O) groups excluding carboxylic acids is 1. The van der Waals surface area contributed by atoms with Gasteiger partial charge in [-0.15, -0.1) is 0 Å². The zero-order valence-electron chi connectivity index (χ0n) is 9.90. The van der Waals surface area contributed by atoms with Crippen LogP contribution >= 0.6 is 0 Å². The van der Waals surface area contributed by atoms with Crippen LogP contribution in [0.2, 0.25) is 0 Å². The molecule has 1 atom stereocenters. The van der Waals surface area contributed by atoms with E-state index in [4.69, 9.17) is 5.11 Å². The number of aliphatic hydroxyl groups is 1. The predicted octanol–water partition coefficient (Wildman–Crippen LogP) is 1.49. The third kappa shape index (κ3) is 2.51. The van der Waals surface area contributed by atoms with E-state index in [0.29, 0.717) is 6.54 Å². The van der Waals surface area contributed by atoms with Crippen molar-refractivity contribution in [2.24, 2.45) is 0 Å². The molecule has 1 aliphatic rings. The van der Waals surface area contributed by atoms with Crippen LogP contribution in [0.1, 0.15) is 18.4 Å². The molecule has 3 nitrogen and oxygen atoms in total. The maximum absolute atomic E-state index is 13.4. The standard InChI is InChI=1S/C13H15F2NO2/c14-11-5-1-3-9(13(11)15)7-12(18)16-6-2-4-10(16)8-17/h1,3,5,10,17H,2,4,6-8H2/t10-/m1/s1. The van der Waals surface area contributed by atoms with Crippen molar-refractivity contribution in [2.45, 2.75) is 25.3 Å². The molecule has 1 aromatic carbocycles. The fourth-order valence-corrected chi connectivity index (χ4v) is 2.30. The molecule has 1 fully saturated rings. The molecule has 5 heteroatoms. The van der Waals surface area contributed by atoms with Crippen LogP contribution in [0.3, 0.4) is 0 Å². The van der Waals surface area contributed by atoms with Crippen LogP contribution in [-0.4, -0.2) is 35.1 Å². The lowest BCUT2D eigenvalue weighted by Gasteiger charge is -2.23. The molecule has 1 aliphatic heterocycles. The van der Waals surface area contributed by atoms with Crippen LogP contribution in [0.5, 0.6) is 0 Å². The van der Waals surface area contributed by atoms with Gasteiger partial charge in [0.15, 0.2) is 11.6 Å². The summed E-state index contributed by atoms with van der Waals surface area (Å²) in [5.41, 5.74) is 0.0589. The van der Waals surface area contributed by atoms with Crippen LogP contribution < -0.4 is 0 Å². The Kier molecular flexibility index (Phi) is 3.91. The van der Waals surface area contributed by atoms with Gasteiger partial charge in [0.1, 0.15) is 0 Å². The topological polar surface area (TPSA) is 40.5 Å². The van der Waals surface area contributed by atoms with Crippen LogP contribution in [0.25, 0.3) is 0 Å². The zero-order chi connectivity index (χ0) is 13.1. The molecule has 1 heterocycles. The summed E-state index contributed by atoms with van der Waals surface area (Å²) in [7, 11) is 0. The third-order valence-corrected chi connectivity index (χ3v) is 3.28. The number of aliphatic hydroxyl groups excluding tert-OH is 1. The maximum atomic E-state index is 13.4. The van der Waals surface area contributed by atoms with Gasteiger partial charge in [0, 0.05) is 12.1 Å². The van der Waals surface area contributed by atoms with E-state index in [1.807, 2.05) is 0 Å². The van der Waals surface area contributed by atoms with Gasteiger partial charge in [0.2, 0.25) is 5.91 Å². The van der Waals surface area contributed by atoms with Crippen molar-refractivity contribution in [1.82, 2.24) is 4.90 Å². The van der Waals surface area contributed by atoms with Crippen LogP contribution in [-0.2, 0) is 11.2 Å². The second kappa shape index (κ2) is 5.44. The van der Waals surface area contributed by atoms with E-state index >= 15 is 0 Å². The average molecular weight is 255 g/mol. The van der Waals surface area contributed by atoms with Gasteiger partial charge in [0.05, 0.1) is 19.1 Å². The molecule has 1 N–H and O–H groups in total. The molecule has 0 aromatic heterocycles. The van der Waals surface area contributed by atoms with E-state index < -0.39 is 11.6 Å². The van der Waals surface area contributed by atoms with E-state index in [2.05, 4.69) is 0 Å². The van der Waals surface area contributed by atoms with Gasteiger partial charge < -0.3 is 10.0 Å². The highest BCUT2D eigenvalue weighted by atomic mass is 19.2. The van der Waals surface area contributed by atoms with E-state index in [1.54, 1.807) is 4.90 Å². The highest BCUT2D eigenvalue weighted by Gasteiger charge is 2.28. The first kappa shape index (κ1) is 13.0. The number of nitrogens with zero attached hydrogens (tertiary/aromatic N) is 1. The largest absolute Gasteiger partial charge is 0.394 e. The maximum Gasteiger partial charge on any atom is 0.227 e. The van der Waals surface area contributed by atoms with Crippen LogP contribution in [0.15, 0.2) is 18.2 Å². The first-order valence-electron chi connectivity index (χ1n) is 5.96. The number of hydrogen-bond donors (Lipinski definition) is 1. The van der Waals surface area contributed by atoms with Gasteiger partial charge >= 0.3 is 0 Å². The predicted molar refractivity (Wildman–Crippen MR) is 61.9 cm³/mol. The van der Waals surface area contributed by atoms with E-state index in [0.717, 1.165) is 18.9 Å². The molecule has 0 radical (unpaired) electrons. The Bertz CT molecular complexity index is 451. The number of hydrogen-bond acceptors (Lipinski definition) is 2. The SMILES string of the molecule is O=C(Cc1cccc(F)c1F)N1CCC[C@@H]1CO. The second-order valence-corrected chi connectivity index (χ2v) is 4.46. The Hall–Kier alpha value is -1.49. The lowest BCUT2D eigenvalue weighted by atomic mass is 10.1. The summed E-state index contributed by atoms with van der Waals surface area (Å²) < 4.78 is 26.4. The molecule has 1 saturated heterocycles. The lowest BCUT2D eigenvalue weighted by Crippen LogP contribution is -2.38. The molecule has 1 amide bonds. The molecule has 0 spiro atoms. The van der Waals surface area contributed by atoms with Crippen LogP contribution in [0.4, 0.5) is 8.78 Å². The highest BCUT2D eigenvalue weighted by molar-refractivity contribution is 5.79. The molecule has 98 valence electrons. The van der Waals surface area contributed by atoms with Gasteiger partial charge in [-0.2, -0.15) is 0 Å². The smallest absolute Gasteiger partial charge is 0.227 e.